The highest BCUT2D eigenvalue weighted by atomic mass is 32.1. The van der Waals surface area contributed by atoms with Gasteiger partial charge in [-0.25, -0.2) is 4.98 Å². The number of carbonyl (C=O) groups is 2. The summed E-state index contributed by atoms with van der Waals surface area (Å²) >= 11 is 1.40. The summed E-state index contributed by atoms with van der Waals surface area (Å²) in [4.78, 5) is 29.4. The van der Waals surface area contributed by atoms with Crippen molar-refractivity contribution in [2.75, 3.05) is 6.54 Å². The van der Waals surface area contributed by atoms with Crippen LogP contribution >= 0.6 is 11.3 Å². The molecule has 2 amide bonds. The summed E-state index contributed by atoms with van der Waals surface area (Å²) in [6.07, 6.45) is 4.08. The fourth-order valence-electron chi connectivity index (χ4n) is 2.42. The monoisotopic (exact) mass is 319 g/mol. The summed E-state index contributed by atoms with van der Waals surface area (Å²) < 4.78 is 5.30. The summed E-state index contributed by atoms with van der Waals surface area (Å²) in [5.41, 5.74) is 0.355. The molecule has 3 rings (SSSR count). The molecule has 2 aromatic heterocycles. The standard InChI is InChI=1S/C15H17N3O3S/c1-9-12(18-15(22-9)11-6-4-8-21-11)14(20)17-10-5-2-3-7-16-13(10)19/h4,6,8,10H,2-3,5,7H2,1H3,(H,16,19)(H,17,20)/t10-/m0/s1. The van der Waals surface area contributed by atoms with Gasteiger partial charge in [0.1, 0.15) is 11.7 Å². The zero-order valence-corrected chi connectivity index (χ0v) is 13.0. The maximum atomic E-state index is 12.4. The number of aromatic nitrogens is 1. The average molecular weight is 319 g/mol. The lowest BCUT2D eigenvalue weighted by Crippen LogP contribution is -2.45. The lowest BCUT2D eigenvalue weighted by molar-refractivity contribution is -0.122. The molecule has 0 saturated carbocycles. The van der Waals surface area contributed by atoms with Crippen molar-refractivity contribution in [3.63, 3.8) is 0 Å². The van der Waals surface area contributed by atoms with Gasteiger partial charge in [-0.3, -0.25) is 9.59 Å². The van der Waals surface area contributed by atoms with Crippen LogP contribution in [0.25, 0.3) is 10.8 Å². The Hall–Kier alpha value is -2.15. The van der Waals surface area contributed by atoms with Crippen molar-refractivity contribution in [2.24, 2.45) is 0 Å². The second-order valence-electron chi connectivity index (χ2n) is 5.21. The van der Waals surface area contributed by atoms with Crippen molar-refractivity contribution in [1.82, 2.24) is 15.6 Å². The maximum Gasteiger partial charge on any atom is 0.271 e. The molecule has 1 aliphatic rings. The third-order valence-electron chi connectivity index (χ3n) is 3.58. The minimum atomic E-state index is -0.483. The number of furan rings is 1. The van der Waals surface area contributed by atoms with Crippen LogP contribution in [0.1, 0.15) is 34.6 Å². The number of hydrogen-bond acceptors (Lipinski definition) is 5. The number of thiazole rings is 1. The molecule has 1 atom stereocenters. The van der Waals surface area contributed by atoms with Crippen LogP contribution in [0.4, 0.5) is 0 Å². The second-order valence-corrected chi connectivity index (χ2v) is 6.42. The summed E-state index contributed by atoms with van der Waals surface area (Å²) in [6, 6.07) is 3.10. The highest BCUT2D eigenvalue weighted by molar-refractivity contribution is 7.15. The average Bonchev–Trinajstić information content (AvgIpc) is 3.10. The molecule has 22 heavy (non-hydrogen) atoms. The summed E-state index contributed by atoms with van der Waals surface area (Å²) in [6.45, 7) is 2.51. The van der Waals surface area contributed by atoms with E-state index in [0.29, 0.717) is 29.4 Å². The smallest absolute Gasteiger partial charge is 0.271 e. The van der Waals surface area contributed by atoms with Crippen LogP contribution in [-0.2, 0) is 4.79 Å². The molecule has 2 aromatic rings. The van der Waals surface area contributed by atoms with E-state index in [1.54, 1.807) is 18.4 Å². The van der Waals surface area contributed by atoms with Crippen molar-refractivity contribution < 1.29 is 14.0 Å². The van der Waals surface area contributed by atoms with Crippen LogP contribution in [0.2, 0.25) is 0 Å². The first-order valence-electron chi connectivity index (χ1n) is 7.25. The van der Waals surface area contributed by atoms with E-state index < -0.39 is 6.04 Å². The van der Waals surface area contributed by atoms with Crippen LogP contribution in [0.3, 0.4) is 0 Å². The van der Waals surface area contributed by atoms with Gasteiger partial charge in [0.05, 0.1) is 6.26 Å². The molecule has 116 valence electrons. The lowest BCUT2D eigenvalue weighted by Gasteiger charge is -2.14. The zero-order chi connectivity index (χ0) is 15.5. The predicted molar refractivity (Wildman–Crippen MR) is 82.7 cm³/mol. The first-order valence-corrected chi connectivity index (χ1v) is 8.06. The van der Waals surface area contributed by atoms with Crippen molar-refractivity contribution in [2.45, 2.75) is 32.2 Å². The quantitative estimate of drug-likeness (QED) is 0.907. The molecular formula is C15H17N3O3S. The van der Waals surface area contributed by atoms with Crippen LogP contribution in [0.5, 0.6) is 0 Å². The SMILES string of the molecule is Cc1sc(-c2ccco2)nc1C(=O)N[C@H]1CCCCNC1=O. The molecule has 7 heteroatoms. The topological polar surface area (TPSA) is 84.2 Å². The van der Waals surface area contributed by atoms with Crippen LogP contribution in [-0.4, -0.2) is 29.4 Å². The van der Waals surface area contributed by atoms with Crippen molar-refractivity contribution in [3.05, 3.63) is 29.0 Å². The van der Waals surface area contributed by atoms with Gasteiger partial charge in [0.15, 0.2) is 10.8 Å². The molecule has 0 radical (unpaired) electrons. The van der Waals surface area contributed by atoms with Gasteiger partial charge in [-0.1, -0.05) is 0 Å². The number of nitrogens with zero attached hydrogens (tertiary/aromatic N) is 1. The van der Waals surface area contributed by atoms with Crippen molar-refractivity contribution in [1.29, 1.82) is 0 Å². The van der Waals surface area contributed by atoms with Gasteiger partial charge in [0, 0.05) is 11.4 Å². The Kier molecular flexibility index (Phi) is 4.24. The van der Waals surface area contributed by atoms with Crippen LogP contribution < -0.4 is 10.6 Å². The molecule has 1 aliphatic heterocycles. The molecule has 1 saturated heterocycles. The minimum Gasteiger partial charge on any atom is -0.462 e. The molecular weight excluding hydrogens is 302 g/mol. The maximum absolute atomic E-state index is 12.4. The van der Waals surface area contributed by atoms with Gasteiger partial charge in [0.25, 0.3) is 5.91 Å². The Morgan fingerprint density at radius 2 is 2.36 bits per heavy atom. The Morgan fingerprint density at radius 1 is 1.50 bits per heavy atom. The third-order valence-corrected chi connectivity index (χ3v) is 4.57. The normalized spacial score (nSPS) is 18.6. The largest absolute Gasteiger partial charge is 0.462 e. The molecule has 0 aromatic carbocycles. The lowest BCUT2D eigenvalue weighted by atomic mass is 10.1. The molecule has 6 nitrogen and oxygen atoms in total. The van der Waals surface area contributed by atoms with E-state index >= 15 is 0 Å². The van der Waals surface area contributed by atoms with E-state index in [4.69, 9.17) is 4.42 Å². The first kappa shape index (κ1) is 14.8. The predicted octanol–water partition coefficient (Wildman–Crippen LogP) is 2.11. The fourth-order valence-corrected chi connectivity index (χ4v) is 3.30. The third kappa shape index (κ3) is 3.04. The molecule has 1 fully saturated rings. The van der Waals surface area contributed by atoms with E-state index in [-0.39, 0.29) is 11.8 Å². The number of carbonyl (C=O) groups excluding carboxylic acids is 2. The van der Waals surface area contributed by atoms with Gasteiger partial charge in [-0.05, 0) is 38.3 Å². The van der Waals surface area contributed by atoms with Gasteiger partial charge < -0.3 is 15.1 Å². The van der Waals surface area contributed by atoms with Crippen molar-refractivity contribution in [3.8, 4) is 10.8 Å². The van der Waals surface area contributed by atoms with E-state index in [2.05, 4.69) is 15.6 Å². The Labute approximate surface area is 131 Å². The molecule has 3 heterocycles. The van der Waals surface area contributed by atoms with E-state index in [9.17, 15) is 9.59 Å². The number of hydrogen-bond donors (Lipinski definition) is 2. The van der Waals surface area contributed by atoms with Gasteiger partial charge >= 0.3 is 0 Å². The number of aryl methyl sites for hydroxylation is 1. The van der Waals surface area contributed by atoms with Gasteiger partial charge in [-0.15, -0.1) is 11.3 Å². The molecule has 2 N–H and O–H groups in total. The zero-order valence-electron chi connectivity index (χ0n) is 12.2. The van der Waals surface area contributed by atoms with E-state index in [0.717, 1.165) is 17.7 Å². The minimum absolute atomic E-state index is 0.120. The highest BCUT2D eigenvalue weighted by Crippen LogP contribution is 2.27. The highest BCUT2D eigenvalue weighted by Gasteiger charge is 2.25. The Balaban J connectivity index is 1.76. The van der Waals surface area contributed by atoms with Gasteiger partial charge in [-0.2, -0.15) is 0 Å². The fraction of sp³-hybridized carbons (Fsp3) is 0.400. The molecule has 0 aliphatic carbocycles. The Morgan fingerprint density at radius 3 is 3.14 bits per heavy atom. The molecule has 0 bridgehead atoms. The first-order chi connectivity index (χ1) is 10.6. The Bertz CT molecular complexity index is 678. The van der Waals surface area contributed by atoms with Crippen molar-refractivity contribution >= 4 is 23.2 Å². The second kappa shape index (κ2) is 6.31. The molecule has 0 unspecified atom stereocenters. The number of amides is 2. The summed E-state index contributed by atoms with van der Waals surface area (Å²) in [5.74, 6) is 0.206. The molecule has 0 spiro atoms. The summed E-state index contributed by atoms with van der Waals surface area (Å²) in [5, 5.41) is 6.26. The van der Waals surface area contributed by atoms with E-state index in [1.165, 1.54) is 11.3 Å². The number of nitrogens with one attached hydrogen (secondary N) is 2. The summed E-state index contributed by atoms with van der Waals surface area (Å²) in [7, 11) is 0. The van der Waals surface area contributed by atoms with Gasteiger partial charge in [0.2, 0.25) is 5.91 Å². The number of rotatable bonds is 3. The van der Waals surface area contributed by atoms with Crippen LogP contribution in [0, 0.1) is 6.92 Å². The van der Waals surface area contributed by atoms with E-state index in [1.807, 2.05) is 6.92 Å². The van der Waals surface area contributed by atoms with Crippen LogP contribution in [0.15, 0.2) is 22.8 Å².